The summed E-state index contributed by atoms with van der Waals surface area (Å²) in [5.74, 6) is 1.68. The minimum absolute atomic E-state index is 0.170. The monoisotopic (exact) mass is 326 g/mol. The van der Waals surface area contributed by atoms with Crippen LogP contribution in [0, 0.1) is 0 Å². The number of nitrogens with one attached hydrogen (secondary N) is 1. The van der Waals surface area contributed by atoms with E-state index in [4.69, 9.17) is 21.7 Å². The first-order valence-corrected chi connectivity index (χ1v) is 8.05. The first kappa shape index (κ1) is 14.3. The summed E-state index contributed by atoms with van der Waals surface area (Å²) in [6.07, 6.45) is 0.808. The van der Waals surface area contributed by atoms with Gasteiger partial charge in [-0.05, 0) is 37.3 Å². The predicted molar refractivity (Wildman–Crippen MR) is 94.0 cm³/mol. The molecule has 118 valence electrons. The highest BCUT2D eigenvalue weighted by Gasteiger charge is 2.48. The first-order valence-electron chi connectivity index (χ1n) is 7.64. The summed E-state index contributed by atoms with van der Waals surface area (Å²) < 4.78 is 11.9. The van der Waals surface area contributed by atoms with Gasteiger partial charge < -0.3 is 14.8 Å². The topological polar surface area (TPSA) is 33.7 Å². The van der Waals surface area contributed by atoms with Crippen molar-refractivity contribution in [1.82, 2.24) is 5.32 Å². The smallest absolute Gasteiger partial charge is 0.188 e. The third-order valence-electron chi connectivity index (χ3n) is 4.51. The average Bonchev–Trinajstić information content (AvgIpc) is 2.54. The molecule has 2 aliphatic rings. The largest absolute Gasteiger partial charge is 0.495 e. The number of ether oxygens (including phenoxy) is 2. The number of hydrogen-bond acceptors (Lipinski definition) is 3. The van der Waals surface area contributed by atoms with Crippen molar-refractivity contribution in [1.29, 1.82) is 0 Å². The number of thiocarbonyl (C=S) groups is 1. The van der Waals surface area contributed by atoms with E-state index in [2.05, 4.69) is 18.3 Å². The zero-order valence-electron chi connectivity index (χ0n) is 13.1. The second-order valence-electron chi connectivity index (χ2n) is 6.03. The Morgan fingerprint density at radius 2 is 1.96 bits per heavy atom. The molecule has 2 heterocycles. The summed E-state index contributed by atoms with van der Waals surface area (Å²) in [7, 11) is 1.67. The molecule has 1 fully saturated rings. The van der Waals surface area contributed by atoms with Gasteiger partial charge in [0.2, 0.25) is 0 Å². The van der Waals surface area contributed by atoms with E-state index in [1.54, 1.807) is 7.11 Å². The number of fused-ring (bicyclic) bond motifs is 4. The van der Waals surface area contributed by atoms with E-state index >= 15 is 0 Å². The fourth-order valence-corrected chi connectivity index (χ4v) is 3.94. The van der Waals surface area contributed by atoms with E-state index in [0.717, 1.165) is 29.2 Å². The number of benzene rings is 2. The van der Waals surface area contributed by atoms with Gasteiger partial charge in [-0.25, -0.2) is 0 Å². The Balaban J connectivity index is 1.83. The Morgan fingerprint density at radius 3 is 2.78 bits per heavy atom. The zero-order chi connectivity index (χ0) is 16.0. The standard InChI is InChI=1S/C18H18N2O2S/c1-18-11-13(12-7-3-5-9-15(12)22-18)19-17(23)20(18)14-8-4-6-10-16(14)21-2/h3-10,13H,11H2,1-2H3,(H,19,23)/t13-,18-/m1/s1. The summed E-state index contributed by atoms with van der Waals surface area (Å²) in [5.41, 5.74) is 1.52. The minimum Gasteiger partial charge on any atom is -0.495 e. The first-order chi connectivity index (χ1) is 11.1. The average molecular weight is 326 g/mol. The fraction of sp³-hybridized carbons (Fsp3) is 0.278. The molecule has 2 atom stereocenters. The summed E-state index contributed by atoms with van der Waals surface area (Å²) in [4.78, 5) is 2.02. The molecule has 1 saturated heterocycles. The van der Waals surface area contributed by atoms with Gasteiger partial charge >= 0.3 is 0 Å². The van der Waals surface area contributed by atoms with Crippen molar-refractivity contribution < 1.29 is 9.47 Å². The molecule has 4 rings (SSSR count). The molecule has 2 aliphatic heterocycles. The van der Waals surface area contributed by atoms with Crippen LogP contribution in [-0.2, 0) is 0 Å². The number of rotatable bonds is 2. The van der Waals surface area contributed by atoms with E-state index in [-0.39, 0.29) is 6.04 Å². The molecule has 0 amide bonds. The fourth-order valence-electron chi connectivity index (χ4n) is 3.50. The molecule has 0 radical (unpaired) electrons. The van der Waals surface area contributed by atoms with Crippen molar-refractivity contribution in [2.75, 3.05) is 12.0 Å². The summed E-state index contributed by atoms with van der Waals surface area (Å²) in [6.45, 7) is 2.08. The predicted octanol–water partition coefficient (Wildman–Crippen LogP) is 3.63. The molecule has 1 N–H and O–H groups in total. The van der Waals surface area contributed by atoms with Crippen molar-refractivity contribution in [3.63, 3.8) is 0 Å². The lowest BCUT2D eigenvalue weighted by atomic mass is 9.90. The van der Waals surface area contributed by atoms with Crippen LogP contribution in [0.1, 0.15) is 24.9 Å². The molecule has 2 bridgehead atoms. The van der Waals surface area contributed by atoms with Gasteiger partial charge in [-0.3, -0.25) is 4.90 Å². The highest BCUT2D eigenvalue weighted by atomic mass is 32.1. The Hall–Kier alpha value is -2.27. The van der Waals surface area contributed by atoms with Crippen molar-refractivity contribution in [2.24, 2.45) is 0 Å². The number of methoxy groups -OCH3 is 1. The number of anilines is 1. The summed E-state index contributed by atoms with van der Waals surface area (Å²) in [5, 5.41) is 4.11. The maximum atomic E-state index is 6.37. The van der Waals surface area contributed by atoms with Gasteiger partial charge in [0.1, 0.15) is 11.5 Å². The van der Waals surface area contributed by atoms with E-state index in [0.29, 0.717) is 5.11 Å². The van der Waals surface area contributed by atoms with E-state index in [1.807, 2.05) is 47.4 Å². The van der Waals surface area contributed by atoms with Crippen LogP contribution in [0.5, 0.6) is 11.5 Å². The Kier molecular flexibility index (Phi) is 3.20. The third kappa shape index (κ3) is 2.15. The van der Waals surface area contributed by atoms with Gasteiger partial charge in [-0.1, -0.05) is 30.3 Å². The molecule has 4 nitrogen and oxygen atoms in total. The van der Waals surface area contributed by atoms with Crippen molar-refractivity contribution in [3.05, 3.63) is 54.1 Å². The molecular formula is C18H18N2O2S. The van der Waals surface area contributed by atoms with Gasteiger partial charge in [-0.15, -0.1) is 0 Å². The molecule has 5 heteroatoms. The molecular weight excluding hydrogens is 308 g/mol. The van der Waals surface area contributed by atoms with Crippen LogP contribution in [0.2, 0.25) is 0 Å². The molecule has 2 aromatic carbocycles. The molecule has 0 aromatic heterocycles. The van der Waals surface area contributed by atoms with Crippen LogP contribution in [0.4, 0.5) is 5.69 Å². The Labute approximate surface area is 141 Å². The lowest BCUT2D eigenvalue weighted by Gasteiger charge is -2.52. The van der Waals surface area contributed by atoms with Gasteiger partial charge in [0.25, 0.3) is 0 Å². The lowest BCUT2D eigenvalue weighted by molar-refractivity contribution is 0.0494. The van der Waals surface area contributed by atoms with Crippen molar-refractivity contribution >= 4 is 23.0 Å². The number of hydrogen-bond donors (Lipinski definition) is 1. The number of para-hydroxylation sites is 3. The van der Waals surface area contributed by atoms with Gasteiger partial charge in [0.15, 0.2) is 10.8 Å². The maximum Gasteiger partial charge on any atom is 0.188 e. The molecule has 2 aromatic rings. The van der Waals surface area contributed by atoms with Crippen LogP contribution in [0.3, 0.4) is 0 Å². The summed E-state index contributed by atoms with van der Waals surface area (Å²) in [6, 6.07) is 16.2. The van der Waals surface area contributed by atoms with Crippen LogP contribution in [-0.4, -0.2) is 17.9 Å². The minimum atomic E-state index is -0.546. The molecule has 0 unspecified atom stereocenters. The maximum absolute atomic E-state index is 6.37. The van der Waals surface area contributed by atoms with Gasteiger partial charge in [0.05, 0.1) is 18.8 Å². The second kappa shape index (κ2) is 5.13. The van der Waals surface area contributed by atoms with Crippen LogP contribution >= 0.6 is 12.2 Å². The number of nitrogens with zero attached hydrogens (tertiary/aromatic N) is 1. The normalized spacial score (nSPS) is 25.2. The van der Waals surface area contributed by atoms with Gasteiger partial charge in [-0.2, -0.15) is 0 Å². The third-order valence-corrected chi connectivity index (χ3v) is 4.81. The van der Waals surface area contributed by atoms with E-state index < -0.39 is 5.72 Å². The SMILES string of the molecule is COc1ccccc1N1C(=S)N[C@@H]2C[C@@]1(C)Oc1ccccc12. The van der Waals surface area contributed by atoms with Gasteiger partial charge in [0, 0.05) is 12.0 Å². The van der Waals surface area contributed by atoms with Crippen LogP contribution in [0.25, 0.3) is 0 Å². The van der Waals surface area contributed by atoms with Crippen molar-refractivity contribution in [3.8, 4) is 11.5 Å². The summed E-state index contributed by atoms with van der Waals surface area (Å²) >= 11 is 5.65. The van der Waals surface area contributed by atoms with E-state index in [9.17, 15) is 0 Å². The zero-order valence-corrected chi connectivity index (χ0v) is 13.9. The Bertz CT molecular complexity index is 779. The highest BCUT2D eigenvalue weighted by molar-refractivity contribution is 7.80. The molecule has 0 saturated carbocycles. The molecule has 0 spiro atoms. The molecule has 0 aliphatic carbocycles. The molecule has 23 heavy (non-hydrogen) atoms. The van der Waals surface area contributed by atoms with Crippen LogP contribution in [0.15, 0.2) is 48.5 Å². The quantitative estimate of drug-likeness (QED) is 0.852. The van der Waals surface area contributed by atoms with Crippen LogP contribution < -0.4 is 19.7 Å². The van der Waals surface area contributed by atoms with Crippen molar-refractivity contribution in [2.45, 2.75) is 25.1 Å². The second-order valence-corrected chi connectivity index (χ2v) is 6.42. The highest BCUT2D eigenvalue weighted by Crippen LogP contribution is 2.46. The van der Waals surface area contributed by atoms with E-state index in [1.165, 1.54) is 0 Å². The Morgan fingerprint density at radius 1 is 1.22 bits per heavy atom. The lowest BCUT2D eigenvalue weighted by Crippen LogP contribution is -2.65.